The van der Waals surface area contributed by atoms with Crippen molar-refractivity contribution in [3.05, 3.63) is 71.7 Å². The van der Waals surface area contributed by atoms with Crippen LogP contribution >= 0.6 is 11.8 Å². The number of aliphatic hydroxyl groups excluding tert-OH is 1. The number of aromatic amines is 1. The molecule has 0 fully saturated rings. The number of rotatable bonds is 5. The molecule has 0 amide bonds. The van der Waals surface area contributed by atoms with Gasteiger partial charge in [0.15, 0.2) is 0 Å². The van der Waals surface area contributed by atoms with Crippen molar-refractivity contribution in [2.45, 2.75) is 11.9 Å². The maximum atomic E-state index is 12.3. The van der Waals surface area contributed by atoms with Gasteiger partial charge < -0.3 is 14.8 Å². The highest BCUT2D eigenvalue weighted by atomic mass is 32.2. The lowest BCUT2D eigenvalue weighted by atomic mass is 10.1. The summed E-state index contributed by atoms with van der Waals surface area (Å²) in [4.78, 5) is 24.5. The van der Waals surface area contributed by atoms with E-state index >= 15 is 0 Å². The molecule has 7 heteroatoms. The Morgan fingerprint density at radius 2 is 1.83 bits per heavy atom. The Bertz CT molecular complexity index is 1210. The van der Waals surface area contributed by atoms with Crippen LogP contribution in [0.3, 0.4) is 0 Å². The van der Waals surface area contributed by atoms with Crippen molar-refractivity contribution in [2.75, 3.05) is 12.9 Å². The highest BCUT2D eigenvalue weighted by Gasteiger charge is 2.22. The largest absolute Gasteiger partial charge is 0.510 e. The number of H-pyrrole nitrogens is 1. The number of methoxy groups -OCH3 is 1. The number of carbonyl (C=O) groups excluding carboxylic acids is 1. The number of pyridine rings is 1. The van der Waals surface area contributed by atoms with Crippen molar-refractivity contribution in [3.8, 4) is 0 Å². The summed E-state index contributed by atoms with van der Waals surface area (Å²) >= 11 is 1.35. The van der Waals surface area contributed by atoms with E-state index in [1.165, 1.54) is 18.9 Å². The predicted octanol–water partition coefficient (Wildman–Crippen LogP) is 4.65. The normalized spacial score (nSPS) is 12.2. The van der Waals surface area contributed by atoms with Gasteiger partial charge in [-0.1, -0.05) is 42.1 Å². The molecule has 0 atom stereocenters. The minimum atomic E-state index is -0.648. The van der Waals surface area contributed by atoms with Gasteiger partial charge in [-0.2, -0.15) is 0 Å². The van der Waals surface area contributed by atoms with Crippen LogP contribution in [0.1, 0.15) is 11.4 Å². The molecule has 0 aliphatic carbocycles. The fourth-order valence-corrected chi connectivity index (χ4v) is 3.98. The summed E-state index contributed by atoms with van der Waals surface area (Å²) in [7, 11) is 1.28. The van der Waals surface area contributed by atoms with Gasteiger partial charge >= 0.3 is 5.97 Å². The molecule has 0 radical (unpaired) electrons. The topological polar surface area (TPSA) is 88.1 Å². The molecule has 0 bridgehead atoms. The minimum Gasteiger partial charge on any atom is -0.510 e. The molecule has 0 saturated heterocycles. The second-order valence-electron chi connectivity index (χ2n) is 6.50. The van der Waals surface area contributed by atoms with E-state index in [1.807, 2.05) is 61.5 Å². The number of fused-ring (bicyclic) bond motifs is 2. The van der Waals surface area contributed by atoms with E-state index in [0.717, 1.165) is 27.0 Å². The average molecular weight is 405 g/mol. The van der Waals surface area contributed by atoms with Crippen molar-refractivity contribution in [3.63, 3.8) is 0 Å². The fraction of sp³-hybridized carbons (Fsp3) is 0.136. The molecular formula is C22H19N3O3S. The third kappa shape index (κ3) is 3.82. The van der Waals surface area contributed by atoms with Gasteiger partial charge in [0.05, 0.1) is 34.4 Å². The van der Waals surface area contributed by atoms with Crippen LogP contribution in [0.15, 0.2) is 65.4 Å². The summed E-state index contributed by atoms with van der Waals surface area (Å²) in [6.07, 6.45) is 0. The number of carbonyl (C=O) groups is 1. The molecule has 2 heterocycles. The quantitative estimate of drug-likeness (QED) is 0.217. The van der Waals surface area contributed by atoms with Crippen LogP contribution < -0.4 is 0 Å². The van der Waals surface area contributed by atoms with Crippen LogP contribution in [0.4, 0.5) is 0 Å². The summed E-state index contributed by atoms with van der Waals surface area (Å²) < 4.78 is 4.87. The van der Waals surface area contributed by atoms with Gasteiger partial charge in [0, 0.05) is 5.39 Å². The fourth-order valence-electron chi connectivity index (χ4n) is 3.13. The number of esters is 1. The maximum Gasteiger partial charge on any atom is 0.345 e. The van der Waals surface area contributed by atoms with Gasteiger partial charge in [-0.15, -0.1) is 0 Å². The number of hydrogen-bond acceptors (Lipinski definition) is 6. The van der Waals surface area contributed by atoms with E-state index in [9.17, 15) is 9.90 Å². The predicted molar refractivity (Wildman–Crippen MR) is 115 cm³/mol. The second-order valence-corrected chi connectivity index (χ2v) is 7.49. The molecule has 4 rings (SSSR count). The maximum absolute atomic E-state index is 12.3. The molecule has 0 unspecified atom stereocenters. The molecule has 29 heavy (non-hydrogen) atoms. The molecule has 0 saturated carbocycles. The summed E-state index contributed by atoms with van der Waals surface area (Å²) in [6, 6.07) is 17.3. The van der Waals surface area contributed by atoms with Crippen LogP contribution in [-0.2, 0) is 9.53 Å². The number of ether oxygens (including phenoxy) is 1. The first kappa shape index (κ1) is 19.0. The standard InChI is InChI=1S/C22H19N3O3S/c1-13-11-19(23-15-8-4-3-7-14(13)15)29-12-18(26)20(22(27)28-2)21-24-16-9-5-6-10-17(16)25-21/h3-11,26H,12H2,1-2H3,(H,24,25). The van der Waals surface area contributed by atoms with E-state index in [4.69, 9.17) is 4.74 Å². The molecule has 4 aromatic rings. The Kier molecular flexibility index (Phi) is 5.22. The van der Waals surface area contributed by atoms with E-state index in [1.54, 1.807) is 0 Å². The second kappa shape index (κ2) is 7.97. The zero-order chi connectivity index (χ0) is 20.4. The minimum absolute atomic E-state index is 0.0220. The Balaban J connectivity index is 1.66. The highest BCUT2D eigenvalue weighted by Crippen LogP contribution is 2.27. The molecule has 6 nitrogen and oxygen atoms in total. The third-order valence-electron chi connectivity index (χ3n) is 4.56. The van der Waals surface area contributed by atoms with Crippen LogP contribution in [0.5, 0.6) is 0 Å². The van der Waals surface area contributed by atoms with Gasteiger partial charge in [-0.05, 0) is 36.8 Å². The van der Waals surface area contributed by atoms with Crippen LogP contribution in [-0.4, -0.2) is 38.9 Å². The average Bonchev–Trinajstić information content (AvgIpc) is 3.15. The zero-order valence-corrected chi connectivity index (χ0v) is 16.8. The number of aromatic nitrogens is 3. The summed E-state index contributed by atoms with van der Waals surface area (Å²) in [5.74, 6) is -0.330. The Labute approximate surface area is 171 Å². The highest BCUT2D eigenvalue weighted by molar-refractivity contribution is 7.99. The zero-order valence-electron chi connectivity index (χ0n) is 16.0. The first-order chi connectivity index (χ1) is 14.1. The Hall–Kier alpha value is -3.32. The van der Waals surface area contributed by atoms with E-state index in [-0.39, 0.29) is 22.9 Å². The van der Waals surface area contributed by atoms with Crippen LogP contribution in [0, 0.1) is 6.92 Å². The number of hydrogen-bond donors (Lipinski definition) is 2. The molecule has 0 aliphatic heterocycles. The van der Waals surface area contributed by atoms with Crippen molar-refractivity contribution in [1.82, 2.24) is 15.0 Å². The molecule has 146 valence electrons. The van der Waals surface area contributed by atoms with E-state index in [2.05, 4.69) is 15.0 Å². The lowest BCUT2D eigenvalue weighted by Crippen LogP contribution is -2.09. The Morgan fingerprint density at radius 1 is 1.10 bits per heavy atom. The van der Waals surface area contributed by atoms with Gasteiger partial charge in [0.25, 0.3) is 0 Å². The lowest BCUT2D eigenvalue weighted by molar-refractivity contribution is -0.133. The molecular weight excluding hydrogens is 386 g/mol. The number of thioether (sulfide) groups is 1. The smallest absolute Gasteiger partial charge is 0.345 e. The SMILES string of the molecule is COC(=O)C(=C(O)CSc1cc(C)c2ccccc2n1)c1nc2ccccc2[nH]1. The molecule has 0 spiro atoms. The first-order valence-corrected chi connectivity index (χ1v) is 10.00. The first-order valence-electron chi connectivity index (χ1n) is 9.01. The summed E-state index contributed by atoms with van der Waals surface area (Å²) in [5.41, 5.74) is 3.50. The summed E-state index contributed by atoms with van der Waals surface area (Å²) in [5, 5.41) is 12.6. The van der Waals surface area contributed by atoms with Crippen molar-refractivity contribution in [1.29, 1.82) is 0 Å². The number of aliphatic hydroxyl groups is 1. The monoisotopic (exact) mass is 405 g/mol. The number of aryl methyl sites for hydroxylation is 1. The number of imidazole rings is 1. The Morgan fingerprint density at radius 3 is 2.59 bits per heavy atom. The number of nitrogens with zero attached hydrogens (tertiary/aromatic N) is 2. The molecule has 2 aromatic heterocycles. The van der Waals surface area contributed by atoms with Crippen LogP contribution in [0.2, 0.25) is 0 Å². The van der Waals surface area contributed by atoms with Crippen molar-refractivity contribution in [2.24, 2.45) is 0 Å². The lowest BCUT2D eigenvalue weighted by Gasteiger charge is -2.08. The van der Waals surface area contributed by atoms with E-state index in [0.29, 0.717) is 5.52 Å². The van der Waals surface area contributed by atoms with Crippen molar-refractivity contribution >= 4 is 45.2 Å². The number of nitrogens with one attached hydrogen (secondary N) is 1. The molecule has 2 aromatic carbocycles. The van der Waals surface area contributed by atoms with Gasteiger partial charge in [-0.25, -0.2) is 14.8 Å². The molecule has 2 N–H and O–H groups in total. The summed E-state index contributed by atoms with van der Waals surface area (Å²) in [6.45, 7) is 2.03. The van der Waals surface area contributed by atoms with Crippen LogP contribution in [0.25, 0.3) is 27.5 Å². The van der Waals surface area contributed by atoms with Gasteiger partial charge in [-0.3, -0.25) is 0 Å². The number of benzene rings is 2. The van der Waals surface area contributed by atoms with Gasteiger partial charge in [0.1, 0.15) is 17.2 Å². The molecule has 0 aliphatic rings. The number of para-hydroxylation sites is 3. The van der Waals surface area contributed by atoms with E-state index < -0.39 is 5.97 Å². The van der Waals surface area contributed by atoms with Crippen molar-refractivity contribution < 1.29 is 14.6 Å². The van der Waals surface area contributed by atoms with Gasteiger partial charge in [0.2, 0.25) is 0 Å². The third-order valence-corrected chi connectivity index (χ3v) is 5.48.